The lowest BCUT2D eigenvalue weighted by Gasteiger charge is -2.17. The van der Waals surface area contributed by atoms with E-state index in [0.717, 1.165) is 11.1 Å². The predicted molar refractivity (Wildman–Crippen MR) is 143 cm³/mol. The van der Waals surface area contributed by atoms with E-state index in [1.165, 1.54) is 6.33 Å². The first-order valence-corrected chi connectivity index (χ1v) is 11.3. The number of pyridine rings is 1. The van der Waals surface area contributed by atoms with E-state index in [9.17, 15) is 9.59 Å². The zero-order valence-corrected chi connectivity index (χ0v) is 21.5. The molecule has 36 heavy (non-hydrogen) atoms. The number of unbranched alkanes of at least 4 members (excludes halogenated alkanes) is 1. The first kappa shape index (κ1) is 28.3. The summed E-state index contributed by atoms with van der Waals surface area (Å²) in [6.07, 6.45) is 4.28. The molecule has 1 atom stereocenters. The quantitative estimate of drug-likeness (QED) is 0.293. The maximum absolute atomic E-state index is 12.2. The number of nitriles is 1. The summed E-state index contributed by atoms with van der Waals surface area (Å²) in [5.41, 5.74) is 3.34. The Kier molecular flexibility index (Phi) is 10.8. The molecule has 0 bridgehead atoms. The van der Waals surface area contributed by atoms with Gasteiger partial charge in [0, 0.05) is 55.7 Å². The largest absolute Gasteiger partial charge is 0.496 e. The molecule has 1 aromatic carbocycles. The van der Waals surface area contributed by atoms with E-state index in [4.69, 9.17) is 10.00 Å². The zero-order chi connectivity index (χ0) is 25.2. The maximum Gasteiger partial charge on any atom is 0.251 e. The number of ether oxygens (including phenoxy) is 1. The average molecular weight is 507 g/mol. The van der Waals surface area contributed by atoms with Crippen LogP contribution in [0.5, 0.6) is 5.75 Å². The molecule has 0 unspecified atom stereocenters. The normalized spacial score (nSPS) is 10.9. The molecule has 3 aromatic rings. The van der Waals surface area contributed by atoms with Crippen molar-refractivity contribution in [1.29, 1.82) is 5.26 Å². The van der Waals surface area contributed by atoms with Crippen LogP contribution in [0.3, 0.4) is 0 Å². The highest BCUT2D eigenvalue weighted by molar-refractivity contribution is 7.59. The van der Waals surface area contributed by atoms with E-state index in [0.29, 0.717) is 54.3 Å². The number of nitrogens with one attached hydrogen (secondary N) is 2. The Labute approximate surface area is 217 Å². The number of amides is 1. The number of ketones is 1. The van der Waals surface area contributed by atoms with Crippen LogP contribution in [0.2, 0.25) is 0 Å². The van der Waals surface area contributed by atoms with E-state index < -0.39 is 0 Å². The van der Waals surface area contributed by atoms with Crippen LogP contribution in [-0.4, -0.2) is 47.3 Å². The van der Waals surface area contributed by atoms with Gasteiger partial charge in [0.1, 0.15) is 23.6 Å². The molecular formula is C26H30N6O3S. The van der Waals surface area contributed by atoms with Gasteiger partial charge in [-0.3, -0.25) is 14.6 Å². The summed E-state index contributed by atoms with van der Waals surface area (Å²) >= 11 is 0. The molecule has 2 heterocycles. The highest BCUT2D eigenvalue weighted by atomic mass is 32.1. The van der Waals surface area contributed by atoms with Gasteiger partial charge in [0.2, 0.25) is 0 Å². The van der Waals surface area contributed by atoms with Gasteiger partial charge in [-0.05, 0) is 36.2 Å². The summed E-state index contributed by atoms with van der Waals surface area (Å²) in [6.45, 7) is 2.64. The molecule has 0 aliphatic rings. The molecule has 2 aromatic heterocycles. The summed E-state index contributed by atoms with van der Waals surface area (Å²) < 4.78 is 5.51. The van der Waals surface area contributed by atoms with Gasteiger partial charge in [0.15, 0.2) is 5.78 Å². The van der Waals surface area contributed by atoms with Gasteiger partial charge < -0.3 is 15.4 Å². The molecule has 3 rings (SSSR count). The zero-order valence-electron chi connectivity index (χ0n) is 20.5. The van der Waals surface area contributed by atoms with Crippen molar-refractivity contribution in [3.8, 4) is 23.1 Å². The molecule has 0 spiro atoms. The summed E-state index contributed by atoms with van der Waals surface area (Å²) in [7, 11) is 3.18. The van der Waals surface area contributed by atoms with E-state index in [2.05, 4.69) is 32.5 Å². The highest BCUT2D eigenvalue weighted by Gasteiger charge is 2.15. The highest BCUT2D eigenvalue weighted by Crippen LogP contribution is 2.28. The SMILES string of the molecule is CNC(=O)c1ccc([C@H](C)CNc2cc(-c3ccc(C(=O)CCCC#N)nc3)ncn2)c(OC)c1.S. The monoisotopic (exact) mass is 506 g/mol. The number of benzene rings is 1. The second-order valence-corrected chi connectivity index (χ2v) is 7.97. The fourth-order valence-electron chi connectivity index (χ4n) is 3.55. The Morgan fingerprint density at radius 1 is 1.14 bits per heavy atom. The van der Waals surface area contributed by atoms with Crippen LogP contribution in [0, 0.1) is 11.3 Å². The molecule has 10 heteroatoms. The van der Waals surface area contributed by atoms with Gasteiger partial charge in [-0.2, -0.15) is 18.8 Å². The second-order valence-electron chi connectivity index (χ2n) is 7.97. The number of aromatic nitrogens is 3. The molecule has 0 radical (unpaired) electrons. The smallest absolute Gasteiger partial charge is 0.251 e. The van der Waals surface area contributed by atoms with Crippen LogP contribution in [-0.2, 0) is 0 Å². The van der Waals surface area contributed by atoms with Crippen molar-refractivity contribution in [3.63, 3.8) is 0 Å². The standard InChI is InChI=1S/C26H28N6O3.H2S/c1-17(20-9-7-18(26(34)28-2)12-24(20)35-3)14-30-25-13-22(31-16-32-25)19-8-10-21(29-15-19)23(33)6-4-5-11-27;/h7-10,12-13,15-17H,4-6,14H2,1-3H3,(H,28,34)(H,30,31,32);1H2/t17-;/m1./s1. The van der Waals surface area contributed by atoms with Crippen LogP contribution in [0.4, 0.5) is 5.82 Å². The van der Waals surface area contributed by atoms with Crippen molar-refractivity contribution in [3.05, 3.63) is 65.7 Å². The third-order valence-electron chi connectivity index (χ3n) is 5.55. The van der Waals surface area contributed by atoms with Gasteiger partial charge in [0.05, 0.1) is 18.9 Å². The summed E-state index contributed by atoms with van der Waals surface area (Å²) in [5.74, 6) is 1.14. The predicted octanol–water partition coefficient (Wildman–Crippen LogP) is 4.11. The number of carbonyl (C=O) groups excluding carboxylic acids is 2. The maximum atomic E-state index is 12.2. The number of nitrogens with zero attached hydrogens (tertiary/aromatic N) is 4. The van der Waals surface area contributed by atoms with Gasteiger partial charge in [-0.1, -0.05) is 13.0 Å². The number of anilines is 1. The Morgan fingerprint density at radius 3 is 2.61 bits per heavy atom. The fourth-order valence-corrected chi connectivity index (χ4v) is 3.55. The minimum atomic E-state index is -0.167. The molecular weight excluding hydrogens is 476 g/mol. The molecule has 9 nitrogen and oxygen atoms in total. The lowest BCUT2D eigenvalue weighted by Crippen LogP contribution is -2.18. The number of rotatable bonds is 11. The van der Waals surface area contributed by atoms with Crippen molar-refractivity contribution in [2.45, 2.75) is 32.1 Å². The van der Waals surface area contributed by atoms with Crippen LogP contribution < -0.4 is 15.4 Å². The summed E-state index contributed by atoms with van der Waals surface area (Å²) in [6, 6.07) is 12.8. The Bertz CT molecular complexity index is 1230. The minimum absolute atomic E-state index is 0. The van der Waals surface area contributed by atoms with Crippen LogP contribution >= 0.6 is 13.5 Å². The van der Waals surface area contributed by atoms with Crippen molar-refractivity contribution < 1.29 is 14.3 Å². The molecule has 188 valence electrons. The number of Topliss-reactive ketones (excluding diaryl/α,β-unsaturated/α-hetero) is 1. The lowest BCUT2D eigenvalue weighted by molar-refractivity contribution is 0.0959. The number of hydrogen-bond acceptors (Lipinski definition) is 8. The van der Waals surface area contributed by atoms with E-state index in [1.807, 2.05) is 18.2 Å². The number of carbonyl (C=O) groups is 2. The van der Waals surface area contributed by atoms with E-state index in [1.54, 1.807) is 44.6 Å². The molecule has 0 fully saturated rings. The average Bonchev–Trinajstić information content (AvgIpc) is 2.91. The molecule has 1 amide bonds. The van der Waals surface area contributed by atoms with E-state index >= 15 is 0 Å². The van der Waals surface area contributed by atoms with Crippen LogP contribution in [0.15, 0.2) is 48.9 Å². The third kappa shape index (κ3) is 7.26. The minimum Gasteiger partial charge on any atom is -0.496 e. The third-order valence-corrected chi connectivity index (χ3v) is 5.55. The Balaban J connectivity index is 0.00000456. The van der Waals surface area contributed by atoms with Gasteiger partial charge >= 0.3 is 0 Å². The molecule has 0 aliphatic carbocycles. The topological polar surface area (TPSA) is 130 Å². The van der Waals surface area contributed by atoms with Crippen LogP contribution in [0.25, 0.3) is 11.3 Å². The Morgan fingerprint density at radius 2 is 1.94 bits per heavy atom. The molecule has 0 saturated carbocycles. The summed E-state index contributed by atoms with van der Waals surface area (Å²) in [5, 5.41) is 14.5. The first-order chi connectivity index (χ1) is 17.0. The van der Waals surface area contributed by atoms with Crippen molar-refractivity contribution in [1.82, 2.24) is 20.3 Å². The van der Waals surface area contributed by atoms with Crippen molar-refractivity contribution >= 4 is 31.0 Å². The first-order valence-electron chi connectivity index (χ1n) is 11.3. The van der Waals surface area contributed by atoms with Gasteiger partial charge in [0.25, 0.3) is 5.91 Å². The molecule has 0 aliphatic heterocycles. The fraction of sp³-hybridized carbons (Fsp3) is 0.308. The Hall–Kier alpha value is -3.97. The number of methoxy groups -OCH3 is 1. The summed E-state index contributed by atoms with van der Waals surface area (Å²) in [4.78, 5) is 37.0. The van der Waals surface area contributed by atoms with Gasteiger partial charge in [-0.25, -0.2) is 9.97 Å². The van der Waals surface area contributed by atoms with Gasteiger partial charge in [-0.15, -0.1) is 0 Å². The van der Waals surface area contributed by atoms with Crippen molar-refractivity contribution in [2.24, 2.45) is 0 Å². The van der Waals surface area contributed by atoms with Crippen LogP contribution in [0.1, 0.15) is 58.5 Å². The lowest BCUT2D eigenvalue weighted by atomic mass is 9.98. The molecule has 0 saturated heterocycles. The second kappa shape index (κ2) is 13.8. The van der Waals surface area contributed by atoms with E-state index in [-0.39, 0.29) is 31.1 Å². The number of hydrogen-bond donors (Lipinski definition) is 2. The van der Waals surface area contributed by atoms with Crippen molar-refractivity contribution in [2.75, 3.05) is 26.0 Å². The molecule has 2 N–H and O–H groups in total.